The Bertz CT molecular complexity index is 799. The summed E-state index contributed by atoms with van der Waals surface area (Å²) in [5, 5.41) is 9.75. The average molecular weight is 341 g/mol. The number of carboxylic acids is 1. The number of rotatable bonds is 5. The molecule has 25 heavy (non-hydrogen) atoms. The zero-order valence-electron chi connectivity index (χ0n) is 14.4. The monoisotopic (exact) mass is 341 g/mol. The molecule has 132 valence electrons. The summed E-state index contributed by atoms with van der Waals surface area (Å²) < 4.78 is 5.86. The molecule has 1 aromatic carbocycles. The van der Waals surface area contributed by atoms with Gasteiger partial charge in [-0.1, -0.05) is 6.07 Å². The molecular weight excluding hydrogens is 318 g/mol. The highest BCUT2D eigenvalue weighted by Crippen LogP contribution is 2.34. The lowest BCUT2D eigenvalue weighted by atomic mass is 10.00. The Balaban J connectivity index is 1.66. The summed E-state index contributed by atoms with van der Waals surface area (Å²) in [6.45, 7) is 3.84. The number of nitrogens with one attached hydrogen (secondary N) is 1. The van der Waals surface area contributed by atoms with Gasteiger partial charge in [0.25, 0.3) is 0 Å². The maximum Gasteiger partial charge on any atom is 0.327 e. The van der Waals surface area contributed by atoms with Crippen molar-refractivity contribution in [2.75, 3.05) is 13.2 Å². The second-order valence-corrected chi connectivity index (χ2v) is 6.74. The minimum Gasteiger partial charge on any atom is -0.494 e. The van der Waals surface area contributed by atoms with Crippen molar-refractivity contribution in [1.82, 2.24) is 14.9 Å². The van der Waals surface area contributed by atoms with Gasteiger partial charge in [0.2, 0.25) is 0 Å². The fraction of sp³-hybridized carbons (Fsp3) is 0.474. The fourth-order valence-corrected chi connectivity index (χ4v) is 4.05. The second kappa shape index (κ2) is 6.52. The summed E-state index contributed by atoms with van der Waals surface area (Å²) in [5.41, 5.74) is 5.39. The molecule has 6 nitrogen and oxygen atoms in total. The fourth-order valence-electron chi connectivity index (χ4n) is 4.05. The topological polar surface area (TPSA) is 78.5 Å². The first-order valence-corrected chi connectivity index (χ1v) is 8.94. The zero-order chi connectivity index (χ0) is 17.4. The van der Waals surface area contributed by atoms with E-state index in [4.69, 9.17) is 4.74 Å². The quantitative estimate of drug-likeness (QED) is 0.873. The summed E-state index contributed by atoms with van der Waals surface area (Å²) in [6, 6.07) is 3.66. The first-order chi connectivity index (χ1) is 12.2. The molecule has 2 heterocycles. The molecule has 0 radical (unpaired) electrons. The van der Waals surface area contributed by atoms with Gasteiger partial charge in [0.05, 0.1) is 18.6 Å². The van der Waals surface area contributed by atoms with Gasteiger partial charge >= 0.3 is 5.97 Å². The molecule has 2 aromatic rings. The van der Waals surface area contributed by atoms with Crippen molar-refractivity contribution in [3.63, 3.8) is 0 Å². The third-order valence-electron chi connectivity index (χ3n) is 5.21. The number of benzene rings is 1. The van der Waals surface area contributed by atoms with E-state index >= 15 is 0 Å². The van der Waals surface area contributed by atoms with Crippen molar-refractivity contribution in [2.24, 2.45) is 0 Å². The van der Waals surface area contributed by atoms with Gasteiger partial charge in [-0.15, -0.1) is 0 Å². The average Bonchev–Trinajstić information content (AvgIpc) is 3.23. The van der Waals surface area contributed by atoms with E-state index < -0.39 is 12.0 Å². The van der Waals surface area contributed by atoms with Gasteiger partial charge in [0, 0.05) is 30.8 Å². The van der Waals surface area contributed by atoms with E-state index in [1.54, 1.807) is 6.33 Å². The van der Waals surface area contributed by atoms with E-state index in [-0.39, 0.29) is 0 Å². The van der Waals surface area contributed by atoms with Gasteiger partial charge in [-0.25, -0.2) is 4.98 Å². The molecule has 1 atom stereocenters. The largest absolute Gasteiger partial charge is 0.494 e. The zero-order valence-corrected chi connectivity index (χ0v) is 14.4. The van der Waals surface area contributed by atoms with E-state index in [1.165, 1.54) is 17.5 Å². The van der Waals surface area contributed by atoms with Crippen LogP contribution < -0.4 is 4.74 Å². The van der Waals surface area contributed by atoms with Crippen LogP contribution in [0.2, 0.25) is 0 Å². The molecule has 0 bridgehead atoms. The van der Waals surface area contributed by atoms with Crippen LogP contribution in [0.15, 0.2) is 18.5 Å². The van der Waals surface area contributed by atoms with Crippen LogP contribution in [0.3, 0.4) is 0 Å². The normalized spacial score (nSPS) is 19.5. The summed E-state index contributed by atoms with van der Waals surface area (Å²) in [4.78, 5) is 21.2. The van der Waals surface area contributed by atoms with Gasteiger partial charge in [0.15, 0.2) is 6.04 Å². The molecule has 0 spiro atoms. The third kappa shape index (κ3) is 2.91. The highest BCUT2D eigenvalue weighted by Gasteiger charge is 2.35. The van der Waals surface area contributed by atoms with Crippen LogP contribution in [0.25, 0.3) is 0 Å². The van der Waals surface area contributed by atoms with Crippen LogP contribution in [-0.2, 0) is 30.6 Å². The Morgan fingerprint density at radius 2 is 2.16 bits per heavy atom. The molecule has 0 saturated heterocycles. The minimum absolute atomic E-state index is 0.561. The predicted molar refractivity (Wildman–Crippen MR) is 92.7 cm³/mol. The molecule has 0 unspecified atom stereocenters. The smallest absolute Gasteiger partial charge is 0.327 e. The van der Waals surface area contributed by atoms with E-state index in [2.05, 4.69) is 22.1 Å². The third-order valence-corrected chi connectivity index (χ3v) is 5.21. The van der Waals surface area contributed by atoms with E-state index in [9.17, 15) is 9.90 Å². The maximum absolute atomic E-state index is 11.9. The number of hydrogen-bond acceptors (Lipinski definition) is 4. The lowest BCUT2D eigenvalue weighted by Crippen LogP contribution is -2.39. The number of aliphatic carboxylic acids is 1. The lowest BCUT2D eigenvalue weighted by Gasteiger charge is -2.32. The number of fused-ring (bicyclic) bond motifs is 2. The molecule has 1 aromatic heterocycles. The van der Waals surface area contributed by atoms with Gasteiger partial charge in [-0.05, 0) is 43.4 Å². The number of aromatic amines is 1. The number of ether oxygens (including phenoxy) is 1. The molecule has 1 aliphatic carbocycles. The lowest BCUT2D eigenvalue weighted by molar-refractivity contribution is -0.144. The highest BCUT2D eigenvalue weighted by molar-refractivity contribution is 5.75. The molecule has 0 amide bonds. The number of aromatic nitrogens is 2. The first-order valence-electron chi connectivity index (χ1n) is 8.94. The van der Waals surface area contributed by atoms with E-state index in [0.717, 1.165) is 36.3 Å². The molecule has 0 fully saturated rings. The number of H-pyrrole nitrogens is 1. The van der Waals surface area contributed by atoms with Crippen LogP contribution in [-0.4, -0.2) is 39.1 Å². The van der Waals surface area contributed by atoms with Crippen molar-refractivity contribution in [3.05, 3.63) is 46.5 Å². The summed E-state index contributed by atoms with van der Waals surface area (Å²) in [7, 11) is 0. The molecular formula is C19H23N3O3. The Morgan fingerprint density at radius 1 is 1.36 bits per heavy atom. The van der Waals surface area contributed by atoms with E-state index in [0.29, 0.717) is 25.4 Å². The van der Waals surface area contributed by atoms with E-state index in [1.807, 2.05) is 11.8 Å². The molecule has 0 saturated carbocycles. The van der Waals surface area contributed by atoms with Crippen molar-refractivity contribution in [1.29, 1.82) is 0 Å². The van der Waals surface area contributed by atoms with Crippen molar-refractivity contribution >= 4 is 5.97 Å². The number of hydrogen-bond donors (Lipinski definition) is 2. The Labute approximate surface area is 146 Å². The molecule has 6 heteroatoms. The highest BCUT2D eigenvalue weighted by atomic mass is 16.5. The maximum atomic E-state index is 11.9. The van der Waals surface area contributed by atoms with Crippen molar-refractivity contribution < 1.29 is 14.6 Å². The SMILES string of the molecule is CCOc1cc2c(cc1CN1CCc3[nH]cnc3[C@H]1C(=O)O)CCC2. The Kier molecular flexibility index (Phi) is 4.21. The Morgan fingerprint density at radius 3 is 2.92 bits per heavy atom. The van der Waals surface area contributed by atoms with Crippen LogP contribution in [0.4, 0.5) is 0 Å². The summed E-state index contributed by atoms with van der Waals surface area (Å²) in [5.74, 6) is 0.0345. The number of nitrogens with zero attached hydrogens (tertiary/aromatic N) is 2. The van der Waals surface area contributed by atoms with Crippen molar-refractivity contribution in [2.45, 2.75) is 45.2 Å². The summed E-state index contributed by atoms with van der Waals surface area (Å²) >= 11 is 0. The Hall–Kier alpha value is -2.34. The number of aryl methyl sites for hydroxylation is 2. The number of carboxylic acid groups (broad SMARTS) is 1. The second-order valence-electron chi connectivity index (χ2n) is 6.74. The molecule has 4 rings (SSSR count). The minimum atomic E-state index is -0.854. The number of carbonyl (C=O) groups is 1. The predicted octanol–water partition coefficient (Wildman–Crippen LogP) is 2.48. The van der Waals surface area contributed by atoms with Crippen LogP contribution in [0.1, 0.15) is 47.5 Å². The van der Waals surface area contributed by atoms with Crippen LogP contribution in [0.5, 0.6) is 5.75 Å². The molecule has 2 N–H and O–H groups in total. The van der Waals surface area contributed by atoms with Crippen LogP contribution >= 0.6 is 0 Å². The van der Waals surface area contributed by atoms with Crippen LogP contribution in [0, 0.1) is 0 Å². The standard InChI is InChI=1S/C19H23N3O3/c1-2-25-16-9-13-5-3-4-12(13)8-14(16)10-22-7-6-15-17(21-11-20-15)18(22)19(23)24/h8-9,11,18H,2-7,10H2,1H3,(H,20,21)(H,23,24)/t18-/m0/s1. The van der Waals surface area contributed by atoms with Gasteiger partial charge in [-0.3, -0.25) is 9.69 Å². The molecule has 1 aliphatic heterocycles. The first kappa shape index (κ1) is 16.1. The summed E-state index contributed by atoms with van der Waals surface area (Å²) in [6.07, 6.45) is 5.76. The number of imidazole rings is 1. The van der Waals surface area contributed by atoms with Gasteiger partial charge < -0.3 is 14.8 Å². The van der Waals surface area contributed by atoms with Gasteiger partial charge in [0.1, 0.15) is 5.75 Å². The van der Waals surface area contributed by atoms with Gasteiger partial charge in [-0.2, -0.15) is 0 Å². The molecule has 2 aliphatic rings. The van der Waals surface area contributed by atoms with Crippen molar-refractivity contribution in [3.8, 4) is 5.75 Å².